The molecular formula is C14H18N2O3. The lowest BCUT2D eigenvalue weighted by molar-refractivity contribution is -0.148. The monoisotopic (exact) mass is 262 g/mol. The van der Waals surface area contributed by atoms with Crippen LogP contribution in [0.1, 0.15) is 13.8 Å². The minimum Gasteiger partial charge on any atom is -0.497 e. The molecule has 0 saturated carbocycles. The summed E-state index contributed by atoms with van der Waals surface area (Å²) in [5.74, 6) is 0.502. The second-order valence-electron chi connectivity index (χ2n) is 4.42. The Balaban J connectivity index is 2.09. The Morgan fingerprint density at radius 2 is 2.05 bits per heavy atom. The van der Waals surface area contributed by atoms with E-state index in [1.54, 1.807) is 32.0 Å². The molecule has 5 nitrogen and oxygen atoms in total. The van der Waals surface area contributed by atoms with Crippen molar-refractivity contribution in [3.05, 3.63) is 36.5 Å². The molecular weight excluding hydrogens is 244 g/mol. The van der Waals surface area contributed by atoms with Gasteiger partial charge in [-0.1, -0.05) is 0 Å². The lowest BCUT2D eigenvalue weighted by Crippen LogP contribution is -2.51. The van der Waals surface area contributed by atoms with Crippen LogP contribution in [-0.4, -0.2) is 25.2 Å². The molecule has 2 rings (SSSR count). The number of benzene rings is 1. The highest BCUT2D eigenvalue weighted by molar-refractivity contribution is 5.84. The van der Waals surface area contributed by atoms with Gasteiger partial charge in [0.1, 0.15) is 5.75 Å². The molecule has 102 valence electrons. The van der Waals surface area contributed by atoms with Crippen molar-refractivity contribution in [2.45, 2.75) is 19.4 Å². The number of hydrazine groups is 1. The van der Waals surface area contributed by atoms with E-state index in [0.29, 0.717) is 6.61 Å². The molecule has 0 radical (unpaired) electrons. The van der Waals surface area contributed by atoms with E-state index >= 15 is 0 Å². The average Bonchev–Trinajstić information content (AvgIpc) is 2.83. The smallest absolute Gasteiger partial charge is 0.331 e. The van der Waals surface area contributed by atoms with Crippen molar-refractivity contribution in [3.8, 4) is 5.75 Å². The van der Waals surface area contributed by atoms with Crippen molar-refractivity contribution in [2.75, 3.05) is 18.7 Å². The van der Waals surface area contributed by atoms with Gasteiger partial charge >= 0.3 is 5.97 Å². The number of nitrogens with one attached hydrogen (secondary N) is 1. The third-order valence-corrected chi connectivity index (χ3v) is 2.96. The van der Waals surface area contributed by atoms with Crippen LogP contribution in [0.25, 0.3) is 0 Å². The number of carbonyl (C=O) groups is 1. The largest absolute Gasteiger partial charge is 0.497 e. The molecule has 1 heterocycles. The molecule has 19 heavy (non-hydrogen) atoms. The summed E-state index contributed by atoms with van der Waals surface area (Å²) >= 11 is 0. The third kappa shape index (κ3) is 2.71. The van der Waals surface area contributed by atoms with Crippen molar-refractivity contribution >= 4 is 11.7 Å². The number of anilines is 1. The van der Waals surface area contributed by atoms with E-state index in [-0.39, 0.29) is 5.97 Å². The second kappa shape index (κ2) is 5.32. The van der Waals surface area contributed by atoms with Gasteiger partial charge in [0.15, 0.2) is 5.54 Å². The van der Waals surface area contributed by atoms with Crippen molar-refractivity contribution < 1.29 is 14.3 Å². The number of ether oxygens (including phenoxy) is 2. The molecule has 0 aliphatic carbocycles. The maximum atomic E-state index is 11.9. The van der Waals surface area contributed by atoms with Crippen molar-refractivity contribution in [3.63, 3.8) is 0 Å². The number of hydrogen-bond donors (Lipinski definition) is 1. The van der Waals surface area contributed by atoms with Gasteiger partial charge in [-0.05, 0) is 44.2 Å². The molecule has 0 spiro atoms. The van der Waals surface area contributed by atoms with Crippen molar-refractivity contribution in [2.24, 2.45) is 0 Å². The zero-order valence-electron chi connectivity index (χ0n) is 11.3. The number of methoxy groups -OCH3 is 1. The topological polar surface area (TPSA) is 50.8 Å². The molecule has 1 N–H and O–H groups in total. The molecule has 5 heteroatoms. The van der Waals surface area contributed by atoms with Gasteiger partial charge in [0.05, 0.1) is 19.4 Å². The summed E-state index contributed by atoms with van der Waals surface area (Å²) in [6, 6.07) is 7.55. The van der Waals surface area contributed by atoms with Crippen molar-refractivity contribution in [1.29, 1.82) is 0 Å². The lowest BCUT2D eigenvalue weighted by atomic mass is 10.1. The Hall–Kier alpha value is -2.01. The molecule has 0 fully saturated rings. The number of hydrogen-bond acceptors (Lipinski definition) is 5. The van der Waals surface area contributed by atoms with Crippen LogP contribution in [0.2, 0.25) is 0 Å². The highest BCUT2D eigenvalue weighted by Crippen LogP contribution is 2.24. The van der Waals surface area contributed by atoms with E-state index in [4.69, 9.17) is 9.47 Å². The molecule has 1 aromatic carbocycles. The summed E-state index contributed by atoms with van der Waals surface area (Å²) < 4.78 is 10.2. The number of esters is 1. The molecule has 0 bridgehead atoms. The fraction of sp³-hybridized carbons (Fsp3) is 0.357. The van der Waals surface area contributed by atoms with E-state index in [9.17, 15) is 4.79 Å². The van der Waals surface area contributed by atoms with Crippen LogP contribution in [0, 0.1) is 0 Å². The van der Waals surface area contributed by atoms with Crippen LogP contribution in [0.4, 0.5) is 5.69 Å². The summed E-state index contributed by atoms with van der Waals surface area (Å²) in [6.45, 7) is 3.94. The van der Waals surface area contributed by atoms with Gasteiger partial charge in [-0.2, -0.15) is 0 Å². The van der Waals surface area contributed by atoms with E-state index in [1.165, 1.54) is 0 Å². The van der Waals surface area contributed by atoms with Crippen LogP contribution in [0.3, 0.4) is 0 Å². The van der Waals surface area contributed by atoms with Crippen LogP contribution in [-0.2, 0) is 9.53 Å². The van der Waals surface area contributed by atoms with Crippen LogP contribution < -0.4 is 15.2 Å². The summed E-state index contributed by atoms with van der Waals surface area (Å²) in [5, 5.41) is 1.79. The zero-order chi connectivity index (χ0) is 13.9. The van der Waals surface area contributed by atoms with E-state index < -0.39 is 5.54 Å². The SMILES string of the molecule is CCOC(=O)C1(C)C=CN(c2ccc(OC)cc2)N1. The first-order chi connectivity index (χ1) is 9.09. The third-order valence-electron chi connectivity index (χ3n) is 2.96. The zero-order valence-corrected chi connectivity index (χ0v) is 11.3. The molecule has 0 saturated heterocycles. The quantitative estimate of drug-likeness (QED) is 0.839. The minimum atomic E-state index is -0.823. The van der Waals surface area contributed by atoms with Gasteiger partial charge < -0.3 is 9.47 Å². The summed E-state index contributed by atoms with van der Waals surface area (Å²) in [4.78, 5) is 11.9. The predicted octanol–water partition coefficient (Wildman–Crippen LogP) is 1.86. The van der Waals surface area contributed by atoms with Gasteiger partial charge in [-0.15, -0.1) is 0 Å². The van der Waals surface area contributed by atoms with Crippen LogP contribution in [0.5, 0.6) is 5.75 Å². The minimum absolute atomic E-state index is 0.290. The standard InChI is InChI=1S/C14H18N2O3/c1-4-19-13(17)14(2)9-10-16(15-14)11-5-7-12(18-3)8-6-11/h5-10,15H,4H2,1-3H3. The Morgan fingerprint density at radius 1 is 1.37 bits per heavy atom. The Morgan fingerprint density at radius 3 is 2.63 bits per heavy atom. The maximum Gasteiger partial charge on any atom is 0.331 e. The molecule has 1 aromatic rings. The highest BCUT2D eigenvalue weighted by Gasteiger charge is 2.37. The molecule has 0 aromatic heterocycles. The fourth-order valence-corrected chi connectivity index (χ4v) is 1.84. The first-order valence-corrected chi connectivity index (χ1v) is 6.17. The summed E-state index contributed by atoms with van der Waals surface area (Å²) in [5.41, 5.74) is 3.21. The van der Waals surface area contributed by atoms with Crippen molar-refractivity contribution in [1.82, 2.24) is 5.43 Å². The van der Waals surface area contributed by atoms with E-state index in [2.05, 4.69) is 5.43 Å². The Kier molecular flexibility index (Phi) is 3.76. The summed E-state index contributed by atoms with van der Waals surface area (Å²) in [6.07, 6.45) is 3.61. The molecule has 1 aliphatic rings. The average molecular weight is 262 g/mol. The van der Waals surface area contributed by atoms with Crippen LogP contribution in [0.15, 0.2) is 36.5 Å². The van der Waals surface area contributed by atoms with Gasteiger partial charge in [0.25, 0.3) is 0 Å². The first kappa shape index (κ1) is 13.4. The Labute approximate surface area is 112 Å². The fourth-order valence-electron chi connectivity index (χ4n) is 1.84. The second-order valence-corrected chi connectivity index (χ2v) is 4.42. The predicted molar refractivity (Wildman–Crippen MR) is 72.8 cm³/mol. The van der Waals surface area contributed by atoms with E-state index in [1.807, 2.05) is 30.5 Å². The van der Waals surface area contributed by atoms with Gasteiger partial charge in [0, 0.05) is 6.20 Å². The number of carbonyl (C=O) groups excluding carboxylic acids is 1. The Bertz CT molecular complexity index is 484. The number of nitrogens with zero attached hydrogens (tertiary/aromatic N) is 1. The molecule has 1 atom stereocenters. The summed E-state index contributed by atoms with van der Waals surface area (Å²) in [7, 11) is 1.63. The maximum absolute atomic E-state index is 11.9. The lowest BCUT2D eigenvalue weighted by Gasteiger charge is -2.25. The van der Waals surface area contributed by atoms with Gasteiger partial charge in [-0.3, -0.25) is 5.01 Å². The normalized spacial score (nSPS) is 21.5. The molecule has 0 amide bonds. The molecule has 1 aliphatic heterocycles. The van der Waals surface area contributed by atoms with E-state index in [0.717, 1.165) is 11.4 Å². The number of rotatable bonds is 4. The van der Waals surface area contributed by atoms with Crippen LogP contribution >= 0.6 is 0 Å². The first-order valence-electron chi connectivity index (χ1n) is 6.17. The molecule has 1 unspecified atom stereocenters. The van der Waals surface area contributed by atoms with Gasteiger partial charge in [0.2, 0.25) is 0 Å². The highest BCUT2D eigenvalue weighted by atomic mass is 16.5. The van der Waals surface area contributed by atoms with Gasteiger partial charge in [-0.25, -0.2) is 10.2 Å².